The standard InChI is InChI=1S/C18H16ClF5N4O3/c1-9-8-16(29,18(19,23)24)28(27-9)15-25-11(7-14(26-15)17(20,21)22)10-4-5-12(30-2)13(6-10)31-3/h4-7,29H,8H2,1-3H3. The van der Waals surface area contributed by atoms with Crippen molar-refractivity contribution in [2.75, 3.05) is 19.2 Å². The van der Waals surface area contributed by atoms with Gasteiger partial charge in [0.1, 0.15) is 0 Å². The maximum absolute atomic E-state index is 14.0. The fourth-order valence-corrected chi connectivity index (χ4v) is 3.12. The topological polar surface area (TPSA) is 80.1 Å². The highest BCUT2D eigenvalue weighted by atomic mass is 35.5. The first-order valence-corrected chi connectivity index (χ1v) is 9.00. The van der Waals surface area contributed by atoms with Crippen molar-refractivity contribution in [2.45, 2.75) is 30.6 Å². The number of alkyl halides is 6. The van der Waals surface area contributed by atoms with Crippen LogP contribution in [0.3, 0.4) is 0 Å². The summed E-state index contributed by atoms with van der Waals surface area (Å²) in [5.41, 5.74) is -4.72. The molecule has 0 aliphatic carbocycles. The summed E-state index contributed by atoms with van der Waals surface area (Å²) in [6, 6.07) is 4.82. The SMILES string of the molecule is COc1ccc(-c2cc(C(F)(F)F)nc(N3N=C(C)CC3(O)C(F)(F)Cl)n2)cc1OC. The summed E-state index contributed by atoms with van der Waals surface area (Å²) in [6.45, 7) is 1.30. The number of rotatable bonds is 5. The zero-order chi connectivity index (χ0) is 23.2. The monoisotopic (exact) mass is 466 g/mol. The Balaban J connectivity index is 2.22. The van der Waals surface area contributed by atoms with E-state index in [1.807, 2.05) is 0 Å². The fourth-order valence-electron chi connectivity index (χ4n) is 2.97. The lowest BCUT2D eigenvalue weighted by Gasteiger charge is -2.34. The number of aliphatic hydroxyl groups is 1. The number of halogens is 6. The molecule has 0 fully saturated rings. The van der Waals surface area contributed by atoms with Gasteiger partial charge in [0.2, 0.25) is 11.7 Å². The Kier molecular flexibility index (Phi) is 5.74. The van der Waals surface area contributed by atoms with Crippen molar-refractivity contribution in [1.82, 2.24) is 9.97 Å². The summed E-state index contributed by atoms with van der Waals surface area (Å²) in [7, 11) is 2.71. The molecule has 1 aliphatic heterocycles. The number of benzene rings is 1. The van der Waals surface area contributed by atoms with E-state index in [1.54, 1.807) is 0 Å². The van der Waals surface area contributed by atoms with E-state index in [-0.39, 0.29) is 27.7 Å². The molecule has 1 N–H and O–H groups in total. The third-order valence-electron chi connectivity index (χ3n) is 4.45. The summed E-state index contributed by atoms with van der Waals surface area (Å²) in [6.07, 6.45) is -5.67. The molecule has 168 valence electrons. The van der Waals surface area contributed by atoms with Crippen molar-refractivity contribution >= 4 is 23.3 Å². The quantitative estimate of drug-likeness (QED) is 0.523. The van der Waals surface area contributed by atoms with E-state index in [0.717, 1.165) is 0 Å². The second-order valence-corrected chi connectivity index (χ2v) is 7.12. The molecule has 2 heterocycles. The number of hydrogen-bond donors (Lipinski definition) is 1. The second-order valence-electron chi connectivity index (χ2n) is 6.64. The van der Waals surface area contributed by atoms with E-state index in [4.69, 9.17) is 21.1 Å². The van der Waals surface area contributed by atoms with E-state index in [0.29, 0.717) is 11.8 Å². The van der Waals surface area contributed by atoms with Crippen molar-refractivity contribution in [3.05, 3.63) is 30.0 Å². The van der Waals surface area contributed by atoms with Crippen LogP contribution in [0.5, 0.6) is 11.5 Å². The molecule has 2 aromatic rings. The third-order valence-corrected chi connectivity index (χ3v) is 4.75. The van der Waals surface area contributed by atoms with Crippen LogP contribution in [0.2, 0.25) is 0 Å². The predicted molar refractivity (Wildman–Crippen MR) is 102 cm³/mol. The maximum Gasteiger partial charge on any atom is 0.433 e. The lowest BCUT2D eigenvalue weighted by Crippen LogP contribution is -2.55. The van der Waals surface area contributed by atoms with Gasteiger partial charge in [-0.15, -0.1) is 0 Å². The molecule has 0 amide bonds. The molecular formula is C18H16ClF5N4O3. The molecule has 3 rings (SSSR count). The molecule has 1 atom stereocenters. The van der Waals surface area contributed by atoms with Crippen LogP contribution in [0.1, 0.15) is 19.0 Å². The van der Waals surface area contributed by atoms with Crippen LogP contribution in [0, 0.1) is 0 Å². The number of ether oxygens (including phenoxy) is 2. The zero-order valence-corrected chi connectivity index (χ0v) is 17.1. The second kappa shape index (κ2) is 7.75. The number of aromatic nitrogens is 2. The molecule has 13 heteroatoms. The third kappa shape index (κ3) is 4.22. The van der Waals surface area contributed by atoms with Gasteiger partial charge < -0.3 is 14.6 Å². The van der Waals surface area contributed by atoms with Crippen LogP contribution in [0.15, 0.2) is 29.4 Å². The van der Waals surface area contributed by atoms with Crippen LogP contribution >= 0.6 is 11.6 Å². The van der Waals surface area contributed by atoms with Gasteiger partial charge in [-0.1, -0.05) is 0 Å². The normalized spacial score (nSPS) is 19.4. The van der Waals surface area contributed by atoms with Crippen molar-refractivity contribution in [3.63, 3.8) is 0 Å². The highest BCUT2D eigenvalue weighted by molar-refractivity contribution is 6.23. The molecule has 0 spiro atoms. The fraction of sp³-hybridized carbons (Fsp3) is 0.389. The molecular weight excluding hydrogens is 451 g/mol. The van der Waals surface area contributed by atoms with Gasteiger partial charge in [0.15, 0.2) is 17.2 Å². The molecule has 0 radical (unpaired) electrons. The molecule has 7 nitrogen and oxygen atoms in total. The summed E-state index contributed by atoms with van der Waals surface area (Å²) < 4.78 is 78.6. The van der Waals surface area contributed by atoms with Gasteiger partial charge in [0.05, 0.1) is 19.9 Å². The molecule has 31 heavy (non-hydrogen) atoms. The Morgan fingerprint density at radius 1 is 1.06 bits per heavy atom. The Morgan fingerprint density at radius 3 is 2.26 bits per heavy atom. The lowest BCUT2D eigenvalue weighted by atomic mass is 10.1. The van der Waals surface area contributed by atoms with Crippen LogP contribution in [0.25, 0.3) is 11.3 Å². The van der Waals surface area contributed by atoms with E-state index < -0.39 is 35.3 Å². The molecule has 1 aliphatic rings. The van der Waals surface area contributed by atoms with Crippen molar-refractivity contribution in [2.24, 2.45) is 5.10 Å². The Labute approximate surface area is 178 Å². The van der Waals surface area contributed by atoms with Gasteiger partial charge in [0.25, 0.3) is 0 Å². The van der Waals surface area contributed by atoms with Gasteiger partial charge in [-0.25, -0.2) is 9.97 Å². The molecule has 0 saturated carbocycles. The van der Waals surface area contributed by atoms with Gasteiger partial charge >= 0.3 is 11.6 Å². The van der Waals surface area contributed by atoms with E-state index in [1.165, 1.54) is 39.3 Å². The Morgan fingerprint density at radius 2 is 1.71 bits per heavy atom. The number of methoxy groups -OCH3 is 2. The van der Waals surface area contributed by atoms with Crippen LogP contribution in [-0.2, 0) is 6.18 Å². The average molecular weight is 467 g/mol. The van der Waals surface area contributed by atoms with E-state index in [2.05, 4.69) is 15.1 Å². The van der Waals surface area contributed by atoms with Crippen molar-refractivity contribution in [3.8, 4) is 22.8 Å². The van der Waals surface area contributed by atoms with Gasteiger partial charge in [0, 0.05) is 17.7 Å². The minimum atomic E-state index is -4.94. The van der Waals surface area contributed by atoms with Gasteiger partial charge in [-0.05, 0) is 42.8 Å². The molecule has 0 bridgehead atoms. The molecule has 1 aromatic carbocycles. The van der Waals surface area contributed by atoms with Gasteiger partial charge in [-0.2, -0.15) is 32.1 Å². The van der Waals surface area contributed by atoms with Crippen LogP contribution < -0.4 is 14.5 Å². The summed E-state index contributed by atoms with van der Waals surface area (Å²) in [4.78, 5) is 7.24. The highest BCUT2D eigenvalue weighted by Crippen LogP contribution is 2.44. The first kappa shape index (κ1) is 22.9. The average Bonchev–Trinajstić information content (AvgIpc) is 3.01. The molecule has 1 aromatic heterocycles. The van der Waals surface area contributed by atoms with E-state index >= 15 is 0 Å². The minimum absolute atomic E-state index is 0.00324. The highest BCUT2D eigenvalue weighted by Gasteiger charge is 2.60. The smallest absolute Gasteiger partial charge is 0.433 e. The first-order valence-electron chi connectivity index (χ1n) is 8.62. The van der Waals surface area contributed by atoms with E-state index in [9.17, 15) is 27.1 Å². The minimum Gasteiger partial charge on any atom is -0.493 e. The number of hydrogen-bond acceptors (Lipinski definition) is 7. The largest absolute Gasteiger partial charge is 0.493 e. The maximum atomic E-state index is 14.0. The first-order chi connectivity index (χ1) is 14.3. The van der Waals surface area contributed by atoms with Crippen LogP contribution in [0.4, 0.5) is 27.9 Å². The number of anilines is 1. The van der Waals surface area contributed by atoms with Gasteiger partial charge in [-0.3, -0.25) is 0 Å². The van der Waals surface area contributed by atoms with Crippen molar-refractivity contribution < 1.29 is 36.5 Å². The molecule has 0 saturated heterocycles. The summed E-state index contributed by atoms with van der Waals surface area (Å²) in [5.74, 6) is -0.390. The number of nitrogens with zero attached hydrogens (tertiary/aromatic N) is 4. The zero-order valence-electron chi connectivity index (χ0n) is 16.3. The summed E-state index contributed by atoms with van der Waals surface area (Å²) in [5, 5.41) is 10.1. The van der Waals surface area contributed by atoms with Crippen LogP contribution in [-0.4, -0.2) is 46.1 Å². The predicted octanol–water partition coefficient (Wildman–Crippen LogP) is 4.29. The van der Waals surface area contributed by atoms with Crippen molar-refractivity contribution in [1.29, 1.82) is 0 Å². The Hall–Kier alpha value is -2.73. The molecule has 1 unspecified atom stereocenters. The Bertz CT molecular complexity index is 1030. The summed E-state index contributed by atoms with van der Waals surface area (Å²) >= 11 is 5.04. The lowest BCUT2D eigenvalue weighted by molar-refractivity contribution is -0.141. The number of hydrazone groups is 1.